The summed E-state index contributed by atoms with van der Waals surface area (Å²) >= 11 is 0. The van der Waals surface area contributed by atoms with Crippen molar-refractivity contribution in [2.75, 3.05) is 0 Å². The third-order valence-corrected chi connectivity index (χ3v) is 8.14. The number of aromatic nitrogens is 1. The van der Waals surface area contributed by atoms with Crippen molar-refractivity contribution < 1.29 is 0 Å². The van der Waals surface area contributed by atoms with E-state index in [1.807, 2.05) is 0 Å². The molecular weight excluding hydrogens is 398 g/mol. The van der Waals surface area contributed by atoms with Crippen molar-refractivity contribution in [2.24, 2.45) is 0 Å². The van der Waals surface area contributed by atoms with Gasteiger partial charge in [-0.2, -0.15) is 0 Å². The van der Waals surface area contributed by atoms with E-state index in [1.54, 1.807) is 11.1 Å². The molecule has 2 aromatic heterocycles. The van der Waals surface area contributed by atoms with Crippen LogP contribution in [0.1, 0.15) is 48.1 Å². The number of rotatable bonds is 1. The molecule has 0 radical (unpaired) electrons. The molecule has 33 heavy (non-hydrogen) atoms. The molecule has 0 aliphatic heterocycles. The first-order chi connectivity index (χ1) is 16.4. The van der Waals surface area contributed by atoms with Crippen LogP contribution in [0.5, 0.6) is 0 Å². The molecule has 0 amide bonds. The van der Waals surface area contributed by atoms with Crippen LogP contribution < -0.4 is 0 Å². The van der Waals surface area contributed by atoms with Gasteiger partial charge in [0.25, 0.3) is 0 Å². The van der Waals surface area contributed by atoms with Gasteiger partial charge in [0.05, 0.1) is 11.0 Å². The SMILES string of the molecule is C1=CC2=C(CCC1)c1ccc(-c3cccc4c3c3cccc5c6c(n4c53)CCC=C6)cc1C2. The lowest BCUT2D eigenvalue weighted by molar-refractivity contribution is 0.886. The number of hydrogen-bond acceptors (Lipinski definition) is 0. The van der Waals surface area contributed by atoms with E-state index < -0.39 is 0 Å². The zero-order valence-corrected chi connectivity index (χ0v) is 18.7. The van der Waals surface area contributed by atoms with Crippen LogP contribution >= 0.6 is 0 Å². The summed E-state index contributed by atoms with van der Waals surface area (Å²) in [6.45, 7) is 0. The monoisotopic (exact) mass is 423 g/mol. The molecule has 0 fully saturated rings. The molecule has 8 rings (SSSR count). The van der Waals surface area contributed by atoms with Gasteiger partial charge >= 0.3 is 0 Å². The average molecular weight is 424 g/mol. The molecule has 3 aromatic carbocycles. The smallest absolute Gasteiger partial charge is 0.0617 e. The second kappa shape index (κ2) is 6.48. The van der Waals surface area contributed by atoms with Gasteiger partial charge in [-0.15, -0.1) is 0 Å². The minimum absolute atomic E-state index is 1.08. The summed E-state index contributed by atoms with van der Waals surface area (Å²) < 4.78 is 2.56. The first kappa shape index (κ1) is 17.9. The summed E-state index contributed by atoms with van der Waals surface area (Å²) in [5, 5.41) is 4.19. The van der Waals surface area contributed by atoms with Crippen molar-refractivity contribution >= 4 is 38.8 Å². The molecule has 0 unspecified atom stereocenters. The van der Waals surface area contributed by atoms with Crippen molar-refractivity contribution in [1.82, 2.24) is 4.40 Å². The fraction of sp³-hybridized carbons (Fsp3) is 0.188. The van der Waals surface area contributed by atoms with Gasteiger partial charge in [-0.05, 0) is 78.0 Å². The molecule has 0 bridgehead atoms. The zero-order valence-electron chi connectivity index (χ0n) is 18.7. The van der Waals surface area contributed by atoms with Crippen LogP contribution in [0.4, 0.5) is 0 Å². The van der Waals surface area contributed by atoms with Crippen molar-refractivity contribution in [3.05, 3.63) is 101 Å². The van der Waals surface area contributed by atoms with Gasteiger partial charge in [-0.25, -0.2) is 0 Å². The molecule has 3 aliphatic carbocycles. The molecule has 2 heterocycles. The summed E-state index contributed by atoms with van der Waals surface area (Å²) in [4.78, 5) is 0. The standard InChI is InChI=1S/C32H25N/c1-2-8-20-18-22-19-21(16-17-24(22)23(20)9-3-1)25-11-7-15-30-31(25)28-13-6-12-27-26-10-4-5-14-29(26)33(30)32(27)28/h2,4,6-8,10-13,15-17,19H,1,3,5,9,14,18H2. The summed E-state index contributed by atoms with van der Waals surface area (Å²) in [5.74, 6) is 0. The Morgan fingerprint density at radius 1 is 0.758 bits per heavy atom. The van der Waals surface area contributed by atoms with E-state index in [0.29, 0.717) is 0 Å². The highest BCUT2D eigenvalue weighted by Crippen LogP contribution is 2.45. The summed E-state index contributed by atoms with van der Waals surface area (Å²) in [5.41, 5.74) is 14.5. The fourth-order valence-corrected chi connectivity index (χ4v) is 6.75. The number of aryl methyl sites for hydroxylation is 1. The molecule has 1 nitrogen and oxygen atoms in total. The lowest BCUT2D eigenvalue weighted by Crippen LogP contribution is -1.96. The second-order valence-electron chi connectivity index (χ2n) is 9.89. The first-order valence-electron chi connectivity index (χ1n) is 12.4. The molecule has 0 saturated carbocycles. The van der Waals surface area contributed by atoms with Crippen LogP contribution in [0.15, 0.2) is 78.4 Å². The largest absolute Gasteiger partial charge is 0.312 e. The molecule has 5 aromatic rings. The van der Waals surface area contributed by atoms with Crippen LogP contribution in [-0.2, 0) is 12.8 Å². The zero-order chi connectivity index (χ0) is 21.5. The van der Waals surface area contributed by atoms with E-state index in [9.17, 15) is 0 Å². The third kappa shape index (κ3) is 2.32. The van der Waals surface area contributed by atoms with Gasteiger partial charge in [0.15, 0.2) is 0 Å². The topological polar surface area (TPSA) is 4.41 Å². The number of benzene rings is 3. The summed E-state index contributed by atoms with van der Waals surface area (Å²) in [6.07, 6.45) is 16.4. The summed E-state index contributed by atoms with van der Waals surface area (Å²) in [6, 6.07) is 21.0. The van der Waals surface area contributed by atoms with Crippen LogP contribution in [0.2, 0.25) is 0 Å². The first-order valence-corrected chi connectivity index (χ1v) is 12.4. The molecule has 3 aliphatic rings. The normalized spacial score (nSPS) is 17.2. The number of fused-ring (bicyclic) bond motifs is 8. The predicted molar refractivity (Wildman–Crippen MR) is 140 cm³/mol. The molecule has 0 atom stereocenters. The highest BCUT2D eigenvalue weighted by atomic mass is 14.9. The van der Waals surface area contributed by atoms with E-state index in [0.717, 1.165) is 19.3 Å². The van der Waals surface area contributed by atoms with Gasteiger partial charge in [0, 0.05) is 27.4 Å². The van der Waals surface area contributed by atoms with Crippen LogP contribution in [0.25, 0.3) is 50.0 Å². The highest BCUT2D eigenvalue weighted by molar-refractivity contribution is 6.21. The van der Waals surface area contributed by atoms with Gasteiger partial charge in [-0.1, -0.05) is 72.8 Å². The quantitative estimate of drug-likeness (QED) is 0.255. The highest BCUT2D eigenvalue weighted by Gasteiger charge is 2.24. The Morgan fingerprint density at radius 2 is 1.67 bits per heavy atom. The van der Waals surface area contributed by atoms with E-state index in [-0.39, 0.29) is 0 Å². The minimum Gasteiger partial charge on any atom is -0.312 e. The van der Waals surface area contributed by atoms with Gasteiger partial charge in [0.2, 0.25) is 0 Å². The number of hydrogen-bond donors (Lipinski definition) is 0. The maximum atomic E-state index is 2.56. The lowest BCUT2D eigenvalue weighted by Gasteiger charge is -2.11. The maximum absolute atomic E-state index is 2.56. The van der Waals surface area contributed by atoms with Gasteiger partial charge < -0.3 is 4.40 Å². The Bertz CT molecular complexity index is 1700. The Labute approximate surface area is 193 Å². The molecule has 158 valence electrons. The van der Waals surface area contributed by atoms with Crippen molar-refractivity contribution in [2.45, 2.75) is 38.5 Å². The Kier molecular flexibility index (Phi) is 3.52. The van der Waals surface area contributed by atoms with Crippen LogP contribution in [-0.4, -0.2) is 4.40 Å². The molecular formula is C32H25N. The Balaban J connectivity index is 1.38. The van der Waals surface area contributed by atoms with E-state index in [2.05, 4.69) is 83.3 Å². The van der Waals surface area contributed by atoms with Crippen molar-refractivity contribution in [3.8, 4) is 11.1 Å². The summed E-state index contributed by atoms with van der Waals surface area (Å²) in [7, 11) is 0. The third-order valence-electron chi connectivity index (χ3n) is 8.14. The van der Waals surface area contributed by atoms with Gasteiger partial charge in [-0.3, -0.25) is 0 Å². The van der Waals surface area contributed by atoms with Gasteiger partial charge in [0.1, 0.15) is 0 Å². The van der Waals surface area contributed by atoms with E-state index >= 15 is 0 Å². The maximum Gasteiger partial charge on any atom is 0.0617 e. The minimum atomic E-state index is 1.08. The Hall–Kier alpha value is -3.58. The Morgan fingerprint density at radius 3 is 2.67 bits per heavy atom. The second-order valence-corrected chi connectivity index (χ2v) is 9.89. The fourth-order valence-electron chi connectivity index (χ4n) is 6.75. The number of para-hydroxylation sites is 1. The van der Waals surface area contributed by atoms with Crippen molar-refractivity contribution in [3.63, 3.8) is 0 Å². The predicted octanol–water partition coefficient (Wildman–Crippen LogP) is 8.36. The van der Waals surface area contributed by atoms with E-state index in [1.165, 1.54) is 80.0 Å². The van der Waals surface area contributed by atoms with Crippen molar-refractivity contribution in [1.29, 1.82) is 0 Å². The average Bonchev–Trinajstić information content (AvgIpc) is 3.44. The number of allylic oxidation sites excluding steroid dienone is 5. The van der Waals surface area contributed by atoms with Crippen LogP contribution in [0, 0.1) is 0 Å². The molecule has 0 saturated heterocycles. The molecule has 0 spiro atoms. The lowest BCUT2D eigenvalue weighted by atomic mass is 9.94. The molecule has 0 N–H and O–H groups in total. The van der Waals surface area contributed by atoms with E-state index in [4.69, 9.17) is 0 Å². The van der Waals surface area contributed by atoms with Crippen LogP contribution in [0.3, 0.4) is 0 Å². The molecule has 1 heteroatoms. The number of nitrogens with zero attached hydrogens (tertiary/aromatic N) is 1.